The van der Waals surface area contributed by atoms with Crippen molar-refractivity contribution in [3.8, 4) is 23.0 Å². The molecule has 3 aliphatic heterocycles. The topological polar surface area (TPSA) is 127 Å². The van der Waals surface area contributed by atoms with Gasteiger partial charge in [0.05, 0.1) is 28.4 Å². The van der Waals surface area contributed by atoms with Gasteiger partial charge in [0.1, 0.15) is 0 Å². The van der Waals surface area contributed by atoms with Crippen molar-refractivity contribution in [2.45, 2.75) is 51.1 Å². The highest BCUT2D eigenvalue weighted by Gasteiger charge is 2.40. The smallest absolute Gasteiger partial charge is 0.414 e. The zero-order chi connectivity index (χ0) is 29.7. The van der Waals surface area contributed by atoms with Gasteiger partial charge in [-0.2, -0.15) is 0 Å². The van der Waals surface area contributed by atoms with Crippen molar-refractivity contribution in [2.75, 3.05) is 48.1 Å². The van der Waals surface area contributed by atoms with Crippen LogP contribution in [-0.4, -0.2) is 75.1 Å². The van der Waals surface area contributed by atoms with Gasteiger partial charge in [0.15, 0.2) is 23.0 Å². The Labute approximate surface area is 241 Å². The highest BCUT2D eigenvalue weighted by Crippen LogP contribution is 2.48. The second-order valence-corrected chi connectivity index (χ2v) is 10.8. The first-order valence-electron chi connectivity index (χ1n) is 14.2. The van der Waals surface area contributed by atoms with Gasteiger partial charge in [-0.1, -0.05) is 13.3 Å². The first-order valence-corrected chi connectivity index (χ1v) is 14.2. The van der Waals surface area contributed by atoms with Crippen LogP contribution in [0.25, 0.3) is 0 Å². The first kappa shape index (κ1) is 30.5. The summed E-state index contributed by atoms with van der Waals surface area (Å²) in [5.41, 5.74) is 5.60. The molecule has 4 atom stereocenters. The summed E-state index contributed by atoms with van der Waals surface area (Å²) < 4.78 is 22.5. The molecule has 1 saturated heterocycles. The molecule has 3 heterocycles. The summed E-state index contributed by atoms with van der Waals surface area (Å²) in [5, 5.41) is 18.6. The second kappa shape index (κ2) is 13.4. The van der Waals surface area contributed by atoms with E-state index in [4.69, 9.17) is 38.7 Å². The van der Waals surface area contributed by atoms with Gasteiger partial charge in [0.25, 0.3) is 0 Å². The van der Waals surface area contributed by atoms with Crippen molar-refractivity contribution < 1.29 is 38.7 Å². The summed E-state index contributed by atoms with van der Waals surface area (Å²) in [6, 6.07) is 9.61. The van der Waals surface area contributed by atoms with Crippen LogP contribution in [0, 0.1) is 11.8 Å². The summed E-state index contributed by atoms with van der Waals surface area (Å²) in [7, 11) is 6.90. The fraction of sp³-hybridized carbons (Fsp3) is 0.548. The third-order valence-electron chi connectivity index (χ3n) is 8.83. The van der Waals surface area contributed by atoms with Crippen molar-refractivity contribution in [2.24, 2.45) is 11.8 Å². The number of piperidine rings is 1. The van der Waals surface area contributed by atoms with Crippen molar-refractivity contribution in [1.29, 1.82) is 0 Å². The van der Waals surface area contributed by atoms with Crippen molar-refractivity contribution in [3.63, 3.8) is 0 Å². The average Bonchev–Trinajstić information content (AvgIpc) is 2.99. The Morgan fingerprint density at radius 1 is 0.829 bits per heavy atom. The molecule has 2 aromatic rings. The van der Waals surface area contributed by atoms with E-state index >= 15 is 0 Å². The lowest BCUT2D eigenvalue weighted by atomic mass is 9.72. The Kier molecular flexibility index (Phi) is 9.99. The molecule has 3 N–H and O–H groups in total. The average molecular weight is 571 g/mol. The quantitative estimate of drug-likeness (QED) is 0.419. The van der Waals surface area contributed by atoms with Gasteiger partial charge in [0.2, 0.25) is 0 Å². The van der Waals surface area contributed by atoms with E-state index in [-0.39, 0.29) is 0 Å². The van der Waals surface area contributed by atoms with E-state index in [9.17, 15) is 0 Å². The Morgan fingerprint density at radius 3 is 1.90 bits per heavy atom. The van der Waals surface area contributed by atoms with Crippen LogP contribution < -0.4 is 24.3 Å². The summed E-state index contributed by atoms with van der Waals surface area (Å²) >= 11 is 0. The third-order valence-corrected chi connectivity index (χ3v) is 8.83. The minimum atomic E-state index is -1.82. The molecular weight excluding hydrogens is 528 g/mol. The molecule has 5 rings (SSSR count). The molecule has 0 spiro atoms. The van der Waals surface area contributed by atoms with Crippen LogP contribution in [0.5, 0.6) is 23.0 Å². The SMILES string of the molecule is CC[C@H]1CN2CCc3cc(OC)c(OC)cc3[C@@H]2C[C@@H]1C[C@H]1NCCc2cc(OC)c(OC)cc21.O=C(O)C(=O)O. The van der Waals surface area contributed by atoms with Crippen LogP contribution in [-0.2, 0) is 22.4 Å². The maximum Gasteiger partial charge on any atom is 0.414 e. The Bertz CT molecular complexity index is 1240. The van der Waals surface area contributed by atoms with E-state index in [1.807, 2.05) is 0 Å². The maximum absolute atomic E-state index is 9.10. The van der Waals surface area contributed by atoms with Gasteiger partial charge in [-0.25, -0.2) is 9.59 Å². The lowest BCUT2D eigenvalue weighted by Crippen LogP contribution is -2.46. The maximum atomic E-state index is 9.10. The number of carbonyl (C=O) groups is 2. The normalized spacial score (nSPS) is 23.0. The molecule has 0 aliphatic carbocycles. The monoisotopic (exact) mass is 570 g/mol. The zero-order valence-corrected chi connectivity index (χ0v) is 24.6. The number of carboxylic acids is 2. The number of benzene rings is 2. The molecule has 41 heavy (non-hydrogen) atoms. The standard InChI is InChI=1S/C29H40N2O4.C2H2O4/c1-6-18-17-31-10-8-20-14-27(33-3)29(35-5)16-23(20)25(31)12-21(18)11-24-22-15-28(34-4)26(32-2)13-19(22)7-9-30-24;3-1(4)2(5)6/h13-16,18,21,24-25,30H,6-12,17H2,1-5H3;(H,3,4)(H,5,6)/t18-,21-,24+,25-;/m0./s1. The number of aliphatic carboxylic acids is 2. The summed E-state index contributed by atoms with van der Waals surface area (Å²) in [5.74, 6) is 1.04. The predicted octanol–water partition coefficient (Wildman–Crippen LogP) is 4.10. The van der Waals surface area contributed by atoms with E-state index in [1.54, 1.807) is 28.4 Å². The molecule has 224 valence electrons. The van der Waals surface area contributed by atoms with Crippen molar-refractivity contribution >= 4 is 11.9 Å². The minimum Gasteiger partial charge on any atom is -0.493 e. The van der Waals surface area contributed by atoms with E-state index in [1.165, 1.54) is 41.6 Å². The number of ether oxygens (including phenoxy) is 4. The van der Waals surface area contributed by atoms with Crippen LogP contribution in [0.15, 0.2) is 24.3 Å². The molecule has 0 aromatic heterocycles. The van der Waals surface area contributed by atoms with Gasteiger partial charge >= 0.3 is 11.9 Å². The van der Waals surface area contributed by atoms with Crippen LogP contribution >= 0.6 is 0 Å². The van der Waals surface area contributed by atoms with Gasteiger partial charge in [-0.3, -0.25) is 4.90 Å². The van der Waals surface area contributed by atoms with Crippen LogP contribution in [0.3, 0.4) is 0 Å². The van der Waals surface area contributed by atoms with Crippen LogP contribution in [0.2, 0.25) is 0 Å². The van der Waals surface area contributed by atoms with E-state index in [0.29, 0.717) is 23.9 Å². The lowest BCUT2D eigenvalue weighted by molar-refractivity contribution is -0.159. The molecule has 0 saturated carbocycles. The highest BCUT2D eigenvalue weighted by atomic mass is 16.5. The number of carboxylic acid groups (broad SMARTS) is 2. The molecule has 2 aromatic carbocycles. The molecule has 10 nitrogen and oxygen atoms in total. The van der Waals surface area contributed by atoms with Crippen molar-refractivity contribution in [1.82, 2.24) is 10.2 Å². The number of hydrogen-bond donors (Lipinski definition) is 3. The lowest BCUT2D eigenvalue weighted by Gasteiger charge is -2.48. The largest absolute Gasteiger partial charge is 0.493 e. The highest BCUT2D eigenvalue weighted by molar-refractivity contribution is 6.27. The molecule has 0 bridgehead atoms. The number of nitrogens with zero attached hydrogens (tertiary/aromatic N) is 1. The van der Waals surface area contributed by atoms with E-state index in [2.05, 4.69) is 41.4 Å². The third kappa shape index (κ3) is 6.54. The van der Waals surface area contributed by atoms with Gasteiger partial charge in [0, 0.05) is 25.2 Å². The fourth-order valence-corrected chi connectivity index (χ4v) is 6.74. The molecular formula is C31H42N2O8. The summed E-state index contributed by atoms with van der Waals surface area (Å²) in [4.78, 5) is 20.9. The molecule has 0 amide bonds. The number of methoxy groups -OCH3 is 4. The Morgan fingerprint density at radius 2 is 1.37 bits per heavy atom. The number of fused-ring (bicyclic) bond motifs is 4. The van der Waals surface area contributed by atoms with Crippen molar-refractivity contribution in [3.05, 3.63) is 46.5 Å². The molecule has 1 fully saturated rings. The van der Waals surface area contributed by atoms with Gasteiger partial charge in [-0.15, -0.1) is 0 Å². The molecule has 10 heteroatoms. The number of nitrogens with one attached hydrogen (secondary N) is 1. The molecule has 0 unspecified atom stereocenters. The molecule has 0 radical (unpaired) electrons. The second-order valence-electron chi connectivity index (χ2n) is 10.8. The van der Waals surface area contributed by atoms with Gasteiger partial charge in [-0.05, 0) is 90.6 Å². The minimum absolute atomic E-state index is 0.345. The van der Waals surface area contributed by atoms with Crippen LogP contribution in [0.1, 0.15) is 60.5 Å². The zero-order valence-electron chi connectivity index (χ0n) is 24.6. The molecule has 3 aliphatic rings. The van der Waals surface area contributed by atoms with E-state index < -0.39 is 11.9 Å². The fourth-order valence-electron chi connectivity index (χ4n) is 6.74. The Balaban J connectivity index is 0.000000585. The Hall–Kier alpha value is -3.50. The summed E-state index contributed by atoms with van der Waals surface area (Å²) in [6.45, 7) is 5.66. The number of hydrogen-bond acceptors (Lipinski definition) is 8. The van der Waals surface area contributed by atoms with Crippen LogP contribution in [0.4, 0.5) is 0 Å². The van der Waals surface area contributed by atoms with Gasteiger partial charge < -0.3 is 34.5 Å². The van der Waals surface area contributed by atoms with E-state index in [0.717, 1.165) is 55.4 Å². The number of rotatable bonds is 7. The predicted molar refractivity (Wildman–Crippen MR) is 153 cm³/mol. The summed E-state index contributed by atoms with van der Waals surface area (Å²) in [6.07, 6.45) is 5.65. The first-order chi connectivity index (χ1) is 19.7.